The summed E-state index contributed by atoms with van der Waals surface area (Å²) in [5.74, 6) is 2.08. The number of benzene rings is 2. The summed E-state index contributed by atoms with van der Waals surface area (Å²) in [6.07, 6.45) is 3.51. The molecule has 0 saturated carbocycles. The Morgan fingerprint density at radius 3 is 2.35 bits per heavy atom. The highest BCUT2D eigenvalue weighted by Crippen LogP contribution is 2.42. The van der Waals surface area contributed by atoms with E-state index in [9.17, 15) is 10.1 Å². The summed E-state index contributed by atoms with van der Waals surface area (Å²) in [6, 6.07) is 15.6. The number of piperidine rings is 1. The lowest BCUT2D eigenvalue weighted by Crippen LogP contribution is -2.62. The monoisotopic (exact) mass is 665 g/mol. The topological polar surface area (TPSA) is 101 Å². The molecule has 0 bridgehead atoms. The van der Waals surface area contributed by atoms with Crippen molar-refractivity contribution >= 4 is 35.2 Å². The molecule has 0 aliphatic carbocycles. The minimum absolute atomic E-state index is 0.154. The Morgan fingerprint density at radius 1 is 1.02 bits per heavy atom. The molecule has 46 heavy (non-hydrogen) atoms. The molecule has 0 unspecified atom stereocenters. The fourth-order valence-corrected chi connectivity index (χ4v) is 6.30. The summed E-state index contributed by atoms with van der Waals surface area (Å²) in [5, 5.41) is 10.1. The number of hydrogen-bond donors (Lipinski definition) is 0. The normalized spacial score (nSPS) is 16.0. The van der Waals surface area contributed by atoms with Gasteiger partial charge in [-0.2, -0.15) is 5.26 Å². The lowest BCUT2D eigenvalue weighted by atomic mass is 9.72. The highest BCUT2D eigenvalue weighted by molar-refractivity contribution is 6.32. The second kappa shape index (κ2) is 13.5. The molecule has 2 aliphatic rings. The van der Waals surface area contributed by atoms with Crippen LogP contribution in [0.3, 0.4) is 0 Å². The zero-order valence-electron chi connectivity index (χ0n) is 27.1. The van der Waals surface area contributed by atoms with Crippen molar-refractivity contribution in [2.45, 2.75) is 65.1 Å². The summed E-state index contributed by atoms with van der Waals surface area (Å²) in [7, 11) is 0. The Labute approximate surface area is 281 Å². The van der Waals surface area contributed by atoms with Gasteiger partial charge in [-0.05, 0) is 75.1 Å². The van der Waals surface area contributed by atoms with E-state index in [0.717, 1.165) is 61.6 Å². The van der Waals surface area contributed by atoms with Crippen LogP contribution in [-0.4, -0.2) is 65.2 Å². The van der Waals surface area contributed by atoms with Crippen molar-refractivity contribution in [1.29, 1.82) is 5.26 Å². The summed E-state index contributed by atoms with van der Waals surface area (Å²) in [6.45, 7) is 13.6. The number of carbonyl (C=O) groups is 1. The maximum atomic E-state index is 12.4. The van der Waals surface area contributed by atoms with Crippen LogP contribution in [0, 0.1) is 16.7 Å². The smallest absolute Gasteiger partial charge is 0.410 e. The van der Waals surface area contributed by atoms with Crippen LogP contribution < -0.4 is 14.4 Å². The Kier molecular flexibility index (Phi) is 9.90. The highest BCUT2D eigenvalue weighted by atomic mass is 35.5. The SMILES string of the molecule is CC(C)(C)OC(=O)N1CC2(CCN(c3nccc(COc4ccc(C(C)(C)c5cc(Cl)c(OCCCl)c(C#N)c5)cc4)n3)CC2)C1. The lowest BCUT2D eigenvalue weighted by molar-refractivity contribution is -0.0435. The molecular weight excluding hydrogens is 625 g/mol. The molecule has 1 amide bonds. The minimum Gasteiger partial charge on any atom is -0.489 e. The number of carbonyl (C=O) groups excluding carboxylic acids is 1. The molecule has 9 nitrogen and oxygen atoms in total. The van der Waals surface area contributed by atoms with Gasteiger partial charge in [0.2, 0.25) is 5.95 Å². The first-order valence-electron chi connectivity index (χ1n) is 15.5. The van der Waals surface area contributed by atoms with Gasteiger partial charge in [0.25, 0.3) is 0 Å². The van der Waals surface area contributed by atoms with E-state index in [0.29, 0.717) is 34.8 Å². The van der Waals surface area contributed by atoms with Gasteiger partial charge in [0.1, 0.15) is 30.6 Å². The van der Waals surface area contributed by atoms with Crippen LogP contribution in [0.4, 0.5) is 10.7 Å². The Balaban J connectivity index is 1.16. The van der Waals surface area contributed by atoms with Crippen molar-refractivity contribution in [1.82, 2.24) is 14.9 Å². The average molecular weight is 667 g/mol. The Morgan fingerprint density at radius 2 is 1.72 bits per heavy atom. The van der Waals surface area contributed by atoms with E-state index < -0.39 is 11.0 Å². The van der Waals surface area contributed by atoms with Crippen molar-refractivity contribution in [2.24, 2.45) is 5.41 Å². The minimum atomic E-state index is -0.483. The maximum Gasteiger partial charge on any atom is 0.410 e. The first kappa shape index (κ1) is 33.6. The number of alkyl halides is 1. The molecule has 2 fully saturated rings. The van der Waals surface area contributed by atoms with E-state index in [1.165, 1.54) is 0 Å². The second-order valence-corrected chi connectivity index (χ2v) is 14.4. The summed E-state index contributed by atoms with van der Waals surface area (Å²) < 4.78 is 17.2. The average Bonchev–Trinajstić information content (AvgIpc) is 3.01. The molecule has 3 aromatic rings. The fourth-order valence-electron chi connectivity index (χ4n) is 5.95. The first-order valence-corrected chi connectivity index (χ1v) is 16.4. The van der Waals surface area contributed by atoms with Gasteiger partial charge < -0.3 is 24.0 Å². The lowest BCUT2D eigenvalue weighted by Gasteiger charge is -2.53. The Bertz CT molecular complexity index is 1580. The van der Waals surface area contributed by atoms with Crippen molar-refractivity contribution in [3.63, 3.8) is 0 Å². The summed E-state index contributed by atoms with van der Waals surface area (Å²) in [5.41, 5.74) is 2.36. The number of amides is 1. The first-order chi connectivity index (χ1) is 21.8. The van der Waals surface area contributed by atoms with Crippen LogP contribution in [0.2, 0.25) is 5.02 Å². The highest BCUT2D eigenvalue weighted by Gasteiger charge is 2.48. The molecule has 3 heterocycles. The summed E-state index contributed by atoms with van der Waals surface area (Å²) >= 11 is 12.3. The molecular formula is C35H41Cl2N5O4. The molecule has 0 radical (unpaired) electrons. The van der Waals surface area contributed by atoms with E-state index >= 15 is 0 Å². The van der Waals surface area contributed by atoms with Crippen LogP contribution in [0.5, 0.6) is 11.5 Å². The Hall–Kier alpha value is -3.74. The van der Waals surface area contributed by atoms with Crippen molar-refractivity contribution < 1.29 is 19.0 Å². The number of anilines is 1. The molecule has 2 aromatic carbocycles. The van der Waals surface area contributed by atoms with Gasteiger partial charge in [0.05, 0.1) is 22.2 Å². The van der Waals surface area contributed by atoms with Crippen LogP contribution in [0.15, 0.2) is 48.7 Å². The number of hydrogen-bond acceptors (Lipinski definition) is 8. The van der Waals surface area contributed by atoms with Crippen molar-refractivity contribution in [3.8, 4) is 17.6 Å². The van der Waals surface area contributed by atoms with Crippen LogP contribution >= 0.6 is 23.2 Å². The molecule has 2 aliphatic heterocycles. The van der Waals surface area contributed by atoms with Gasteiger partial charge >= 0.3 is 6.09 Å². The van der Waals surface area contributed by atoms with Gasteiger partial charge in [-0.25, -0.2) is 14.8 Å². The van der Waals surface area contributed by atoms with E-state index in [1.807, 2.05) is 63.2 Å². The molecule has 2 saturated heterocycles. The second-order valence-electron chi connectivity index (χ2n) is 13.6. The predicted molar refractivity (Wildman–Crippen MR) is 179 cm³/mol. The maximum absolute atomic E-state index is 12.4. The van der Waals surface area contributed by atoms with E-state index in [1.54, 1.807) is 11.1 Å². The molecule has 0 N–H and O–H groups in total. The van der Waals surface area contributed by atoms with Gasteiger partial charge in [0.15, 0.2) is 5.75 Å². The van der Waals surface area contributed by atoms with E-state index in [-0.39, 0.29) is 18.1 Å². The van der Waals surface area contributed by atoms with Gasteiger partial charge in [-0.1, -0.05) is 37.6 Å². The number of nitriles is 1. The molecule has 0 atom stereocenters. The van der Waals surface area contributed by atoms with Crippen molar-refractivity contribution in [2.75, 3.05) is 43.6 Å². The van der Waals surface area contributed by atoms with E-state index in [4.69, 9.17) is 42.4 Å². The molecule has 5 rings (SSSR count). The summed E-state index contributed by atoms with van der Waals surface area (Å²) in [4.78, 5) is 25.7. The number of aromatic nitrogens is 2. The standard InChI is InChI=1S/C35H41Cl2N5O4/c1-33(2,3)46-32(43)42-22-35(23-42)11-15-41(16-12-35)31-39-14-10-27(40-31)21-45-28-8-6-25(7-9-28)34(4,5)26-18-24(20-38)30(29(37)19-26)44-17-13-36/h6-10,14,18-19H,11-13,15-17,21-23H2,1-5H3. The van der Waals surface area contributed by atoms with Gasteiger partial charge in [0, 0.05) is 43.2 Å². The molecule has 1 spiro atoms. The van der Waals surface area contributed by atoms with Crippen LogP contribution in [0.1, 0.15) is 69.8 Å². The third kappa shape index (κ3) is 7.62. The number of halogens is 2. The quantitative estimate of drug-likeness (QED) is 0.219. The predicted octanol–water partition coefficient (Wildman–Crippen LogP) is 7.36. The zero-order chi connectivity index (χ0) is 33.1. The fraction of sp³-hybridized carbons (Fsp3) is 0.486. The number of nitrogens with zero attached hydrogens (tertiary/aromatic N) is 5. The number of ether oxygens (including phenoxy) is 3. The van der Waals surface area contributed by atoms with Gasteiger partial charge in [-0.15, -0.1) is 11.6 Å². The third-order valence-corrected chi connectivity index (χ3v) is 9.12. The molecule has 244 valence electrons. The largest absolute Gasteiger partial charge is 0.489 e. The van der Waals surface area contributed by atoms with Crippen LogP contribution in [0.25, 0.3) is 0 Å². The van der Waals surface area contributed by atoms with E-state index in [2.05, 4.69) is 29.8 Å². The third-order valence-electron chi connectivity index (χ3n) is 8.68. The number of likely N-dealkylation sites (tertiary alicyclic amines) is 1. The molecule has 1 aromatic heterocycles. The molecule has 11 heteroatoms. The zero-order valence-corrected chi connectivity index (χ0v) is 28.6. The number of rotatable bonds is 9. The van der Waals surface area contributed by atoms with Crippen LogP contribution in [-0.2, 0) is 16.8 Å². The van der Waals surface area contributed by atoms with Gasteiger partial charge in [-0.3, -0.25) is 0 Å². The van der Waals surface area contributed by atoms with Crippen molar-refractivity contribution in [3.05, 3.63) is 76.1 Å².